The van der Waals surface area contributed by atoms with E-state index in [1.807, 2.05) is 65.6 Å². The fourth-order valence-electron chi connectivity index (χ4n) is 5.13. The van der Waals surface area contributed by atoms with Crippen LogP contribution in [-0.2, 0) is 24.5 Å². The van der Waals surface area contributed by atoms with Crippen LogP contribution in [0.3, 0.4) is 0 Å². The second kappa shape index (κ2) is 9.97. The molecule has 5 aromatic rings. The third kappa shape index (κ3) is 4.74. The van der Waals surface area contributed by atoms with Crippen LogP contribution in [0, 0.1) is 5.92 Å². The zero-order valence-corrected chi connectivity index (χ0v) is 20.5. The Morgan fingerprint density at radius 3 is 2.41 bits per heavy atom. The number of amides is 1. The molecule has 0 saturated carbocycles. The molecule has 0 bridgehead atoms. The molecule has 188 valence electrons. The Balaban J connectivity index is 1.12. The molecule has 2 aromatic heterocycles. The molecule has 3 heterocycles. The highest BCUT2D eigenvalue weighted by molar-refractivity contribution is 5.79. The Hall–Kier alpha value is -4.33. The van der Waals surface area contributed by atoms with Gasteiger partial charge in [0, 0.05) is 19.6 Å². The number of benzene rings is 3. The Labute approximate surface area is 213 Å². The van der Waals surface area contributed by atoms with Gasteiger partial charge < -0.3 is 18.6 Å². The van der Waals surface area contributed by atoms with E-state index in [1.54, 1.807) is 12.1 Å². The van der Waals surface area contributed by atoms with E-state index < -0.39 is 5.76 Å². The number of oxazole rings is 1. The van der Waals surface area contributed by atoms with Crippen molar-refractivity contribution >= 4 is 28.0 Å². The van der Waals surface area contributed by atoms with Gasteiger partial charge in [-0.3, -0.25) is 9.36 Å². The number of rotatable bonds is 7. The molecule has 0 unspecified atom stereocenters. The minimum absolute atomic E-state index is 0.00631. The molecule has 1 fully saturated rings. The Kier molecular flexibility index (Phi) is 6.22. The highest BCUT2D eigenvalue weighted by Gasteiger charge is 2.25. The van der Waals surface area contributed by atoms with Crippen LogP contribution >= 0.6 is 0 Å². The van der Waals surface area contributed by atoms with Crippen molar-refractivity contribution in [3.8, 4) is 5.75 Å². The molecule has 1 aliphatic heterocycles. The Morgan fingerprint density at radius 2 is 1.59 bits per heavy atom. The molecule has 0 radical (unpaired) electrons. The fraction of sp³-hybridized carbons (Fsp3) is 0.276. The highest BCUT2D eigenvalue weighted by Crippen LogP contribution is 2.25. The summed E-state index contributed by atoms with van der Waals surface area (Å²) in [7, 11) is 0. The zero-order valence-electron chi connectivity index (χ0n) is 20.5. The number of carbonyl (C=O) groups excluding carboxylic acids is 1. The average Bonchev–Trinajstić information content (AvgIpc) is 3.45. The summed E-state index contributed by atoms with van der Waals surface area (Å²) in [5.74, 6) is 1.57. The van der Waals surface area contributed by atoms with Gasteiger partial charge in [0.15, 0.2) is 5.58 Å². The number of ether oxygens (including phenoxy) is 1. The second-order valence-corrected chi connectivity index (χ2v) is 9.48. The number of imidazole rings is 1. The lowest BCUT2D eigenvalue weighted by Crippen LogP contribution is -2.41. The molecule has 1 aliphatic rings. The van der Waals surface area contributed by atoms with Crippen LogP contribution in [0.2, 0.25) is 0 Å². The highest BCUT2D eigenvalue weighted by atomic mass is 16.5. The van der Waals surface area contributed by atoms with E-state index >= 15 is 0 Å². The molecule has 0 N–H and O–H groups in total. The number of para-hydroxylation sites is 5. The van der Waals surface area contributed by atoms with Crippen LogP contribution in [-0.4, -0.2) is 38.0 Å². The SMILES string of the molecule is O=C(Cn1c(=O)oc2ccccc21)N1CCC(Cn2c(COc3ccccc3)nc3ccccc32)CC1. The summed E-state index contributed by atoms with van der Waals surface area (Å²) in [5, 5.41) is 0. The van der Waals surface area contributed by atoms with Crippen molar-refractivity contribution in [2.45, 2.75) is 32.5 Å². The van der Waals surface area contributed by atoms with Crippen LogP contribution in [0.15, 0.2) is 88.1 Å². The normalized spacial score (nSPS) is 14.4. The summed E-state index contributed by atoms with van der Waals surface area (Å²) in [4.78, 5) is 32.0. The van der Waals surface area contributed by atoms with E-state index in [0.717, 1.165) is 42.0 Å². The van der Waals surface area contributed by atoms with Crippen LogP contribution < -0.4 is 10.5 Å². The molecule has 8 nitrogen and oxygen atoms in total. The number of aromatic nitrogens is 3. The van der Waals surface area contributed by atoms with Crippen LogP contribution in [0.25, 0.3) is 22.1 Å². The third-order valence-corrected chi connectivity index (χ3v) is 7.12. The minimum Gasteiger partial charge on any atom is -0.486 e. The van der Waals surface area contributed by atoms with Gasteiger partial charge in [0.2, 0.25) is 5.91 Å². The van der Waals surface area contributed by atoms with Crippen molar-refractivity contribution < 1.29 is 13.9 Å². The first kappa shape index (κ1) is 23.1. The lowest BCUT2D eigenvalue weighted by Gasteiger charge is -2.32. The van der Waals surface area contributed by atoms with Gasteiger partial charge in [-0.15, -0.1) is 0 Å². The first-order chi connectivity index (χ1) is 18.2. The van der Waals surface area contributed by atoms with E-state index in [2.05, 4.69) is 10.6 Å². The summed E-state index contributed by atoms with van der Waals surface area (Å²) in [6, 6.07) is 25.1. The monoisotopic (exact) mass is 496 g/mol. The second-order valence-electron chi connectivity index (χ2n) is 9.48. The molecular weight excluding hydrogens is 468 g/mol. The minimum atomic E-state index is -0.498. The average molecular weight is 497 g/mol. The predicted octanol–water partition coefficient (Wildman–Crippen LogP) is 4.46. The van der Waals surface area contributed by atoms with Crippen molar-refractivity contribution in [1.29, 1.82) is 0 Å². The van der Waals surface area contributed by atoms with Gasteiger partial charge in [0.05, 0.1) is 16.6 Å². The van der Waals surface area contributed by atoms with Crippen LogP contribution in [0.1, 0.15) is 18.7 Å². The number of hydrogen-bond acceptors (Lipinski definition) is 5. The van der Waals surface area contributed by atoms with Crippen molar-refractivity contribution in [3.05, 3.63) is 95.2 Å². The maximum atomic E-state index is 13.0. The molecule has 8 heteroatoms. The van der Waals surface area contributed by atoms with Crippen molar-refractivity contribution in [1.82, 2.24) is 19.0 Å². The summed E-state index contributed by atoms with van der Waals surface area (Å²) < 4.78 is 15.0. The summed E-state index contributed by atoms with van der Waals surface area (Å²) in [6.45, 7) is 2.53. The number of carbonyl (C=O) groups is 1. The van der Waals surface area contributed by atoms with Gasteiger partial charge in [0.25, 0.3) is 0 Å². The summed E-state index contributed by atoms with van der Waals surface area (Å²) >= 11 is 0. The number of hydrogen-bond donors (Lipinski definition) is 0. The van der Waals surface area contributed by atoms with Gasteiger partial charge in [0.1, 0.15) is 24.7 Å². The molecule has 0 spiro atoms. The molecule has 3 aromatic carbocycles. The quantitative estimate of drug-likeness (QED) is 0.332. The molecule has 6 rings (SSSR count). The largest absolute Gasteiger partial charge is 0.486 e. The first-order valence-corrected chi connectivity index (χ1v) is 12.6. The van der Waals surface area contributed by atoms with E-state index in [9.17, 15) is 9.59 Å². The van der Waals surface area contributed by atoms with Crippen molar-refractivity contribution in [2.24, 2.45) is 5.92 Å². The first-order valence-electron chi connectivity index (χ1n) is 12.6. The van der Waals surface area contributed by atoms with Gasteiger partial charge in [-0.2, -0.15) is 0 Å². The number of fused-ring (bicyclic) bond motifs is 2. The molecule has 1 amide bonds. The predicted molar refractivity (Wildman–Crippen MR) is 140 cm³/mol. The Morgan fingerprint density at radius 1 is 0.892 bits per heavy atom. The van der Waals surface area contributed by atoms with Gasteiger partial charge in [-0.1, -0.05) is 42.5 Å². The smallest absolute Gasteiger partial charge is 0.420 e. The maximum absolute atomic E-state index is 13.0. The van der Waals surface area contributed by atoms with Gasteiger partial charge >= 0.3 is 5.76 Å². The maximum Gasteiger partial charge on any atom is 0.420 e. The molecule has 1 saturated heterocycles. The van der Waals surface area contributed by atoms with Crippen LogP contribution in [0.4, 0.5) is 0 Å². The van der Waals surface area contributed by atoms with Crippen LogP contribution in [0.5, 0.6) is 5.75 Å². The zero-order chi connectivity index (χ0) is 25.2. The van der Waals surface area contributed by atoms with Gasteiger partial charge in [-0.25, -0.2) is 9.78 Å². The van der Waals surface area contributed by atoms with Crippen molar-refractivity contribution in [3.63, 3.8) is 0 Å². The number of piperidine rings is 1. The number of nitrogens with zero attached hydrogens (tertiary/aromatic N) is 4. The number of likely N-dealkylation sites (tertiary alicyclic amines) is 1. The Bertz CT molecular complexity index is 1590. The molecule has 37 heavy (non-hydrogen) atoms. The summed E-state index contributed by atoms with van der Waals surface area (Å²) in [5.41, 5.74) is 3.20. The lowest BCUT2D eigenvalue weighted by atomic mass is 9.96. The lowest BCUT2D eigenvalue weighted by molar-refractivity contribution is -0.133. The van der Waals surface area contributed by atoms with E-state index in [-0.39, 0.29) is 12.5 Å². The molecular formula is C29H28N4O4. The molecule has 0 aliphatic carbocycles. The van der Waals surface area contributed by atoms with Crippen molar-refractivity contribution in [2.75, 3.05) is 13.1 Å². The van der Waals surface area contributed by atoms with Gasteiger partial charge in [-0.05, 0) is 55.2 Å². The van der Waals surface area contributed by atoms with E-state index in [1.165, 1.54) is 4.57 Å². The summed E-state index contributed by atoms with van der Waals surface area (Å²) in [6.07, 6.45) is 1.77. The fourth-order valence-corrected chi connectivity index (χ4v) is 5.13. The molecule has 0 atom stereocenters. The van der Waals surface area contributed by atoms with E-state index in [4.69, 9.17) is 14.1 Å². The topological polar surface area (TPSA) is 82.5 Å². The third-order valence-electron chi connectivity index (χ3n) is 7.12. The van der Waals surface area contributed by atoms with E-state index in [0.29, 0.717) is 36.7 Å². The standard InChI is InChI=1S/C29H28N4O4/c34-28(19-33-25-12-6-7-13-26(25)37-29(33)35)31-16-14-21(15-17-31)18-32-24-11-5-4-10-23(24)30-27(32)20-36-22-8-2-1-3-9-22/h1-13,21H,14-20H2.